The molecule has 0 heterocycles. The highest BCUT2D eigenvalue weighted by Gasteiger charge is 2.05. The summed E-state index contributed by atoms with van der Waals surface area (Å²) in [5, 5.41) is 0. The summed E-state index contributed by atoms with van der Waals surface area (Å²) in [6.45, 7) is 8.93. The Bertz CT molecular complexity index is 423. The number of carbonyl (C=O) groups is 1. The van der Waals surface area contributed by atoms with Crippen molar-refractivity contribution in [3.8, 4) is 11.5 Å². The molecule has 1 aromatic carbocycles. The molecule has 0 N–H and O–H groups in total. The quantitative estimate of drug-likeness (QED) is 0.144. The highest BCUT2D eigenvalue weighted by atomic mass is 17.2. The second kappa shape index (κ2) is 6.50. The summed E-state index contributed by atoms with van der Waals surface area (Å²) in [6.07, 6.45) is 2.68. The van der Waals surface area contributed by atoms with Gasteiger partial charge in [0.1, 0.15) is 12.4 Å². The second-order valence-corrected chi connectivity index (χ2v) is 3.21. The zero-order valence-corrected chi connectivity index (χ0v) is 9.64. The van der Waals surface area contributed by atoms with Crippen LogP contribution in [0.25, 0.3) is 0 Å². The van der Waals surface area contributed by atoms with Crippen molar-refractivity contribution in [3.05, 3.63) is 49.1 Å². The molecule has 0 unspecified atom stereocenters. The fraction of sp³-hybridized carbons (Fsp3) is 0.154. The number of esters is 1. The SMILES string of the molecule is C=CCOOc1ccc(OC(=O)C=C)cc1C. The minimum absolute atomic E-state index is 0.298. The maximum atomic E-state index is 11.0. The van der Waals surface area contributed by atoms with Gasteiger partial charge in [0, 0.05) is 6.08 Å². The van der Waals surface area contributed by atoms with Gasteiger partial charge in [-0.15, -0.1) is 6.58 Å². The number of rotatable bonds is 6. The van der Waals surface area contributed by atoms with E-state index in [9.17, 15) is 4.79 Å². The molecular formula is C13H14O4. The summed E-state index contributed by atoms with van der Waals surface area (Å²) >= 11 is 0. The Morgan fingerprint density at radius 1 is 1.41 bits per heavy atom. The minimum Gasteiger partial charge on any atom is -0.423 e. The maximum absolute atomic E-state index is 11.0. The van der Waals surface area contributed by atoms with Gasteiger partial charge in [-0.3, -0.25) is 0 Å². The van der Waals surface area contributed by atoms with Crippen LogP contribution in [-0.2, 0) is 9.68 Å². The molecule has 0 radical (unpaired) electrons. The number of aryl methyl sites for hydroxylation is 1. The van der Waals surface area contributed by atoms with Crippen LogP contribution in [0, 0.1) is 6.92 Å². The Labute approximate surface area is 100 Å². The van der Waals surface area contributed by atoms with Crippen LogP contribution in [0.5, 0.6) is 11.5 Å². The first-order valence-electron chi connectivity index (χ1n) is 5.02. The first-order valence-corrected chi connectivity index (χ1v) is 5.02. The van der Waals surface area contributed by atoms with Gasteiger partial charge in [-0.05, 0) is 30.7 Å². The number of carbonyl (C=O) groups excluding carboxylic acids is 1. The monoisotopic (exact) mass is 234 g/mol. The van der Waals surface area contributed by atoms with Gasteiger partial charge in [0.05, 0.1) is 0 Å². The fourth-order valence-electron chi connectivity index (χ4n) is 1.08. The van der Waals surface area contributed by atoms with Gasteiger partial charge in [0.2, 0.25) is 0 Å². The topological polar surface area (TPSA) is 44.8 Å². The molecular weight excluding hydrogens is 220 g/mol. The Kier molecular flexibility index (Phi) is 4.97. The third-order valence-corrected chi connectivity index (χ3v) is 1.87. The molecule has 4 heteroatoms. The van der Waals surface area contributed by atoms with E-state index in [1.54, 1.807) is 24.3 Å². The maximum Gasteiger partial charge on any atom is 0.335 e. The predicted octanol–water partition coefficient (Wildman–Crippen LogP) is 2.58. The molecule has 0 aliphatic heterocycles. The third kappa shape index (κ3) is 4.12. The molecule has 0 saturated heterocycles. The lowest BCUT2D eigenvalue weighted by atomic mass is 10.2. The minimum atomic E-state index is -0.499. The molecule has 4 nitrogen and oxygen atoms in total. The summed E-state index contributed by atoms with van der Waals surface area (Å²) in [5.41, 5.74) is 0.795. The molecule has 1 aromatic rings. The van der Waals surface area contributed by atoms with E-state index in [2.05, 4.69) is 13.2 Å². The van der Waals surface area contributed by atoms with Crippen LogP contribution in [0.1, 0.15) is 5.56 Å². The van der Waals surface area contributed by atoms with Crippen LogP contribution in [0.2, 0.25) is 0 Å². The summed E-state index contributed by atoms with van der Waals surface area (Å²) < 4.78 is 4.96. The lowest BCUT2D eigenvalue weighted by Gasteiger charge is -2.08. The standard InChI is InChI=1S/C13H14O4/c1-4-8-15-17-12-7-6-11(9-10(12)3)16-13(14)5-2/h4-7,9H,1-2,8H2,3H3. The van der Waals surface area contributed by atoms with Crippen molar-refractivity contribution >= 4 is 5.97 Å². The van der Waals surface area contributed by atoms with E-state index in [1.165, 1.54) is 0 Å². The lowest BCUT2D eigenvalue weighted by molar-refractivity contribution is -0.196. The van der Waals surface area contributed by atoms with E-state index in [0.717, 1.165) is 11.6 Å². The van der Waals surface area contributed by atoms with Crippen LogP contribution >= 0.6 is 0 Å². The molecule has 0 saturated carbocycles. The van der Waals surface area contributed by atoms with Crippen LogP contribution in [0.4, 0.5) is 0 Å². The van der Waals surface area contributed by atoms with Gasteiger partial charge in [0.15, 0.2) is 5.75 Å². The molecule has 0 bridgehead atoms. The van der Waals surface area contributed by atoms with Crippen molar-refractivity contribution in [2.24, 2.45) is 0 Å². The first kappa shape index (κ1) is 13.0. The smallest absolute Gasteiger partial charge is 0.335 e. The molecule has 90 valence electrons. The Morgan fingerprint density at radius 2 is 2.18 bits per heavy atom. The summed E-state index contributed by atoms with van der Waals surface area (Å²) in [4.78, 5) is 20.9. The highest BCUT2D eigenvalue weighted by Crippen LogP contribution is 2.23. The van der Waals surface area contributed by atoms with E-state index in [0.29, 0.717) is 18.1 Å². The molecule has 0 aromatic heterocycles. The molecule has 1 rings (SSSR count). The molecule has 0 amide bonds. The molecule has 0 spiro atoms. The molecule has 0 atom stereocenters. The second-order valence-electron chi connectivity index (χ2n) is 3.21. The number of hydrogen-bond acceptors (Lipinski definition) is 4. The van der Waals surface area contributed by atoms with Gasteiger partial charge < -0.3 is 9.62 Å². The van der Waals surface area contributed by atoms with Crippen LogP contribution in [0.3, 0.4) is 0 Å². The number of benzene rings is 1. The van der Waals surface area contributed by atoms with Gasteiger partial charge >= 0.3 is 5.97 Å². The highest BCUT2D eigenvalue weighted by molar-refractivity contribution is 5.83. The third-order valence-electron chi connectivity index (χ3n) is 1.87. The van der Waals surface area contributed by atoms with Gasteiger partial charge in [0.25, 0.3) is 0 Å². The fourth-order valence-corrected chi connectivity index (χ4v) is 1.08. The van der Waals surface area contributed by atoms with Crippen molar-refractivity contribution in [3.63, 3.8) is 0 Å². The van der Waals surface area contributed by atoms with E-state index < -0.39 is 5.97 Å². The predicted molar refractivity (Wildman–Crippen MR) is 63.8 cm³/mol. The van der Waals surface area contributed by atoms with Crippen molar-refractivity contribution < 1.29 is 19.3 Å². The van der Waals surface area contributed by atoms with E-state index in [1.807, 2.05) is 6.92 Å². The van der Waals surface area contributed by atoms with Gasteiger partial charge in [-0.2, -0.15) is 4.89 Å². The average Bonchev–Trinajstić information content (AvgIpc) is 2.32. The summed E-state index contributed by atoms with van der Waals surface area (Å²) in [6, 6.07) is 4.94. The van der Waals surface area contributed by atoms with Crippen LogP contribution in [0.15, 0.2) is 43.5 Å². The zero-order valence-electron chi connectivity index (χ0n) is 9.64. The van der Waals surface area contributed by atoms with Crippen molar-refractivity contribution in [2.75, 3.05) is 6.61 Å². The lowest BCUT2D eigenvalue weighted by Crippen LogP contribution is -2.04. The zero-order chi connectivity index (χ0) is 12.7. The summed E-state index contributed by atoms with van der Waals surface area (Å²) in [7, 11) is 0. The number of ether oxygens (including phenoxy) is 1. The van der Waals surface area contributed by atoms with Crippen molar-refractivity contribution in [2.45, 2.75) is 6.92 Å². The molecule has 0 aliphatic rings. The Balaban J connectivity index is 2.68. The normalized spacial score (nSPS) is 9.47. The average molecular weight is 234 g/mol. The largest absolute Gasteiger partial charge is 0.423 e. The van der Waals surface area contributed by atoms with E-state index in [4.69, 9.17) is 14.5 Å². The summed E-state index contributed by atoms with van der Waals surface area (Å²) in [5.74, 6) is 0.495. The van der Waals surface area contributed by atoms with E-state index in [-0.39, 0.29) is 0 Å². The molecule has 17 heavy (non-hydrogen) atoms. The molecule has 0 fully saturated rings. The van der Waals surface area contributed by atoms with Crippen molar-refractivity contribution in [1.29, 1.82) is 0 Å². The van der Waals surface area contributed by atoms with Crippen LogP contribution in [-0.4, -0.2) is 12.6 Å². The molecule has 0 aliphatic carbocycles. The van der Waals surface area contributed by atoms with Crippen molar-refractivity contribution in [1.82, 2.24) is 0 Å². The Morgan fingerprint density at radius 3 is 2.76 bits per heavy atom. The van der Waals surface area contributed by atoms with Gasteiger partial charge in [-0.25, -0.2) is 4.79 Å². The number of hydrogen-bond donors (Lipinski definition) is 0. The van der Waals surface area contributed by atoms with E-state index >= 15 is 0 Å². The van der Waals surface area contributed by atoms with Crippen LogP contribution < -0.4 is 9.62 Å². The Hall–Kier alpha value is -2.07. The van der Waals surface area contributed by atoms with Gasteiger partial charge in [-0.1, -0.05) is 12.7 Å². The first-order chi connectivity index (χ1) is 8.17.